The molecule has 0 bridgehead atoms. The van der Waals surface area contributed by atoms with E-state index in [2.05, 4.69) is 155 Å². The van der Waals surface area contributed by atoms with E-state index in [1.165, 1.54) is 11.1 Å². The SMILES string of the molecule is CC(C)C1=C2[C@H]3CC[C@H]4[C@@H](CC[C@H]5C(C)(C)[C@@H](OC(=O)CC(C)(C)CC(=O)O)CC[C@]45C)[C@]3(C)CC[C@@]2([C@@H](O)CN(CCN(C)C)Cc2ccc(Cl)cc2)CC1=O.CC(C)C1=C2[C@H]3CC[C@H]4[C@@H](CC[C@H]5C(C)(C)[C@@H](OC(=O)CC(C)(C)CC(=O)O)CC[C@]45C)[C@]3(C)CC[C@@]2([C@H](O)CN(CCN(C)C)Cc2ccc(Cl)cc2)CC1=O. The molecule has 0 radical (unpaired) electrons. The number of aliphatic hydroxyl groups is 2. The van der Waals surface area contributed by atoms with Gasteiger partial charge in [0.25, 0.3) is 0 Å². The number of carbonyl (C=O) groups is 6. The number of benzene rings is 2. The van der Waals surface area contributed by atoms with Gasteiger partial charge in [0.15, 0.2) is 11.6 Å². The number of ketones is 2. The Kier molecular flexibility index (Phi) is 27.1. The Bertz CT molecular complexity index is 3650. The maximum absolute atomic E-state index is 14.3. The zero-order valence-electron chi connectivity index (χ0n) is 73.5. The lowest BCUT2D eigenvalue weighted by Crippen LogP contribution is -2.62. The summed E-state index contributed by atoms with van der Waals surface area (Å²) < 4.78 is 12.5. The van der Waals surface area contributed by atoms with Gasteiger partial charge in [-0.3, -0.25) is 38.6 Å². The molecule has 0 saturated heterocycles. The summed E-state index contributed by atoms with van der Waals surface area (Å²) in [4.78, 5) is 87.0. The Hall–Kier alpha value is -4.52. The Morgan fingerprint density at radius 1 is 0.456 bits per heavy atom. The van der Waals surface area contributed by atoms with Crippen LogP contribution in [-0.2, 0) is 51.3 Å². The van der Waals surface area contributed by atoms with Gasteiger partial charge in [0.05, 0.1) is 37.9 Å². The number of likely N-dealkylation sites (N-methyl/N-ethyl adjacent to an activating group) is 2. The van der Waals surface area contributed by atoms with E-state index < -0.39 is 45.8 Å². The average Bonchev–Trinajstić information content (AvgIpc) is 1.34. The Balaban J connectivity index is 0.000000225. The van der Waals surface area contributed by atoms with Crippen LogP contribution < -0.4 is 0 Å². The van der Waals surface area contributed by atoms with Crippen molar-refractivity contribution in [1.29, 1.82) is 0 Å². The number of fused-ring (bicyclic) bond motifs is 14. The lowest BCUT2D eigenvalue weighted by molar-refractivity contribution is -0.205. The largest absolute Gasteiger partial charge is 0.481 e. The first-order valence-corrected chi connectivity index (χ1v) is 44.8. The second-order valence-electron chi connectivity index (χ2n) is 43.3. The van der Waals surface area contributed by atoms with Gasteiger partial charge in [-0.25, -0.2) is 0 Å². The monoisotopic (exact) mass is 1620 g/mol. The molecule has 8 fully saturated rings. The standard InChI is InChI=1S/2C48H73ClN2O6/c2*1-30(2)42-36(52)25-48(38(53)29-51(24-23-50(9)10)28-31-11-13-32(49)14-12-31)22-21-46(7)33-17-18-37-45(5,6)39(57-41(56)27-44(3,4)26-40(54)55)19-20-47(37,8)34(33)15-16-35(46)43(42)48/h2*11-14,30,33-35,37-39,53H,15-29H2,1-10H3,(H,54,55)/t33-,34+,35-,37+,38+,39+,46+,47-,48+;33-,34+,35-,37+,38-,39+,46+,47-,48+/m11/s1. The molecule has 12 rings (SSSR count). The number of aliphatic hydroxyl groups excluding tert-OH is 2. The normalized spacial score (nSPS) is 34.2. The van der Waals surface area contributed by atoms with Crippen LogP contribution in [0.5, 0.6) is 0 Å². The molecule has 0 amide bonds. The van der Waals surface area contributed by atoms with Crippen LogP contribution >= 0.6 is 23.2 Å². The summed E-state index contributed by atoms with van der Waals surface area (Å²) in [5.41, 5.74) is 4.48. The number of halogens is 2. The highest BCUT2D eigenvalue weighted by Crippen LogP contribution is 2.76. The van der Waals surface area contributed by atoms with Crippen LogP contribution in [0.3, 0.4) is 0 Å². The summed E-state index contributed by atoms with van der Waals surface area (Å²) >= 11 is 12.5. The van der Waals surface area contributed by atoms with Crippen molar-refractivity contribution < 1.29 is 58.7 Å². The summed E-state index contributed by atoms with van der Waals surface area (Å²) in [5.74, 6) is 1.85. The first-order valence-electron chi connectivity index (χ1n) is 44.0. The minimum Gasteiger partial charge on any atom is -0.481 e. The molecule has 0 spiro atoms. The molecular formula is C96H146Cl2N4O12. The third-order valence-electron chi connectivity index (χ3n) is 32.8. The van der Waals surface area contributed by atoms with Crippen LogP contribution in [-0.4, -0.2) is 167 Å². The van der Waals surface area contributed by atoms with Gasteiger partial charge in [0, 0.05) is 96.9 Å². The summed E-state index contributed by atoms with van der Waals surface area (Å²) in [5, 5.41) is 45.4. The van der Waals surface area contributed by atoms with E-state index in [9.17, 15) is 49.2 Å². The summed E-state index contributed by atoms with van der Waals surface area (Å²) in [6.07, 6.45) is 15.3. The van der Waals surface area contributed by atoms with Crippen LogP contribution in [0, 0.1) is 113 Å². The van der Waals surface area contributed by atoms with Crippen molar-refractivity contribution in [3.8, 4) is 0 Å². The topological polar surface area (TPSA) is 215 Å². The van der Waals surface area contributed by atoms with Crippen molar-refractivity contribution in [2.24, 2.45) is 113 Å². The number of carboxylic acids is 2. The number of aliphatic carboxylic acids is 2. The fourth-order valence-electron chi connectivity index (χ4n) is 27.3. The van der Waals surface area contributed by atoms with Gasteiger partial charge < -0.3 is 39.7 Å². The second kappa shape index (κ2) is 34.2. The molecule has 0 aromatic heterocycles. The average molecular weight is 1620 g/mol. The molecule has 10 aliphatic carbocycles. The van der Waals surface area contributed by atoms with Gasteiger partial charge in [-0.05, 0) is 269 Å². The van der Waals surface area contributed by atoms with Crippen molar-refractivity contribution in [3.05, 3.63) is 92.0 Å². The molecule has 636 valence electrons. The van der Waals surface area contributed by atoms with Crippen molar-refractivity contribution in [2.75, 3.05) is 67.5 Å². The van der Waals surface area contributed by atoms with E-state index in [4.69, 9.17) is 32.7 Å². The fraction of sp³-hybridized carbons (Fsp3) is 0.771. The Morgan fingerprint density at radius 3 is 1.10 bits per heavy atom. The lowest BCUT2D eigenvalue weighted by Gasteiger charge is -2.68. The highest BCUT2D eigenvalue weighted by Gasteiger charge is 2.70. The molecular weight excluding hydrogens is 1470 g/mol. The Labute approximate surface area is 695 Å². The number of ether oxygens (including phenoxy) is 2. The predicted octanol–water partition coefficient (Wildman–Crippen LogP) is 18.9. The smallest absolute Gasteiger partial charge is 0.306 e. The molecule has 2 aromatic rings. The van der Waals surface area contributed by atoms with Gasteiger partial charge in [0.2, 0.25) is 0 Å². The molecule has 0 unspecified atom stereocenters. The van der Waals surface area contributed by atoms with Gasteiger partial charge in [-0.1, -0.05) is 169 Å². The van der Waals surface area contributed by atoms with Gasteiger partial charge in [-0.2, -0.15) is 0 Å². The van der Waals surface area contributed by atoms with Gasteiger partial charge in [-0.15, -0.1) is 0 Å². The van der Waals surface area contributed by atoms with Crippen LogP contribution in [0.1, 0.15) is 263 Å². The second-order valence-corrected chi connectivity index (χ2v) is 44.2. The molecule has 16 nitrogen and oxygen atoms in total. The Morgan fingerprint density at radius 2 is 0.781 bits per heavy atom. The van der Waals surface area contributed by atoms with Crippen molar-refractivity contribution in [3.63, 3.8) is 0 Å². The van der Waals surface area contributed by atoms with E-state index in [0.29, 0.717) is 84.6 Å². The molecule has 0 aliphatic heterocycles. The van der Waals surface area contributed by atoms with Crippen LogP contribution in [0.2, 0.25) is 10.0 Å². The molecule has 8 saturated carbocycles. The summed E-state index contributed by atoms with van der Waals surface area (Å²) in [6.45, 7) is 41.2. The number of Topliss-reactive ketones (excluding diaryl/α,β-unsaturated/α-hetero) is 2. The fourth-order valence-corrected chi connectivity index (χ4v) is 27.6. The summed E-state index contributed by atoms with van der Waals surface area (Å²) in [6, 6.07) is 16.0. The molecule has 2 aromatic carbocycles. The van der Waals surface area contributed by atoms with Crippen molar-refractivity contribution in [2.45, 2.75) is 290 Å². The molecule has 114 heavy (non-hydrogen) atoms. The zero-order chi connectivity index (χ0) is 83.8. The number of esters is 2. The van der Waals surface area contributed by atoms with E-state index >= 15 is 0 Å². The first kappa shape index (κ1) is 90.2. The van der Waals surface area contributed by atoms with E-state index in [1.807, 2.05) is 52.0 Å². The zero-order valence-corrected chi connectivity index (χ0v) is 75.0. The highest BCUT2D eigenvalue weighted by molar-refractivity contribution is 6.30. The molecule has 18 atom stereocenters. The number of nitrogens with zero attached hydrogens (tertiary/aromatic N) is 4. The van der Waals surface area contributed by atoms with E-state index in [0.717, 1.165) is 151 Å². The molecule has 10 aliphatic rings. The first-order chi connectivity index (χ1) is 53.1. The van der Waals surface area contributed by atoms with Gasteiger partial charge in [0.1, 0.15) is 12.2 Å². The molecule has 0 heterocycles. The number of rotatable bonds is 28. The third-order valence-corrected chi connectivity index (χ3v) is 33.3. The quantitative estimate of drug-likeness (QED) is 0.0583. The van der Waals surface area contributed by atoms with Crippen molar-refractivity contribution in [1.82, 2.24) is 19.6 Å². The number of hydrogen-bond donors (Lipinski definition) is 4. The van der Waals surface area contributed by atoms with Crippen molar-refractivity contribution >= 4 is 58.6 Å². The van der Waals surface area contributed by atoms with Crippen LogP contribution in [0.15, 0.2) is 70.8 Å². The number of allylic oxidation sites excluding steroid dienone is 2. The minimum absolute atomic E-state index is 0.0390. The predicted molar refractivity (Wildman–Crippen MR) is 453 cm³/mol. The maximum atomic E-state index is 14.3. The van der Waals surface area contributed by atoms with Crippen LogP contribution in [0.4, 0.5) is 0 Å². The minimum atomic E-state index is -0.898. The van der Waals surface area contributed by atoms with E-state index in [-0.39, 0.29) is 118 Å². The number of hydrogen-bond acceptors (Lipinski definition) is 14. The van der Waals surface area contributed by atoms with E-state index in [1.54, 1.807) is 0 Å². The number of carbonyl (C=O) groups excluding carboxylic acids is 4. The maximum Gasteiger partial charge on any atom is 0.306 e. The lowest BCUT2D eigenvalue weighted by atomic mass is 9.37. The van der Waals surface area contributed by atoms with Crippen LogP contribution in [0.25, 0.3) is 0 Å². The highest BCUT2D eigenvalue weighted by atomic mass is 35.5. The molecule has 18 heteroatoms. The van der Waals surface area contributed by atoms with Gasteiger partial charge >= 0.3 is 23.9 Å². The summed E-state index contributed by atoms with van der Waals surface area (Å²) in [7, 11) is 8.34. The number of carboxylic acid groups (broad SMARTS) is 2. The third kappa shape index (κ3) is 17.8. The molecule has 4 N–H and O–H groups in total.